The van der Waals surface area contributed by atoms with Gasteiger partial charge in [0, 0.05) is 5.69 Å². The van der Waals surface area contributed by atoms with Crippen molar-refractivity contribution in [3.8, 4) is 44.5 Å². The maximum Gasteiger partial charge on any atom is 0.0760 e. The highest BCUT2D eigenvalue weighted by atomic mass is 15.2. The standard InChI is InChI=1S/C49H33N/c1-4-17-34(18-5-1)36-31-37(35-19-6-2-7-20-35)33-38(32-36)40-24-16-25-42-41-23-10-11-26-43(41)49(48(40)42)44-27-12-14-29-46(44)50(39-21-8-3-9-22-39)47-30-15-13-28-45(47)49/h1-33H. The first-order valence-corrected chi connectivity index (χ1v) is 17.4. The Kier molecular flexibility index (Phi) is 6.47. The summed E-state index contributed by atoms with van der Waals surface area (Å²) >= 11 is 0. The van der Waals surface area contributed by atoms with E-state index in [0.717, 1.165) is 5.69 Å². The minimum absolute atomic E-state index is 0.531. The molecule has 0 unspecified atom stereocenters. The molecular formula is C49H33N. The molecule has 1 heterocycles. The molecule has 10 rings (SSSR count). The summed E-state index contributed by atoms with van der Waals surface area (Å²) in [5.41, 5.74) is 18.2. The predicted molar refractivity (Wildman–Crippen MR) is 208 cm³/mol. The van der Waals surface area contributed by atoms with Crippen LogP contribution in [-0.4, -0.2) is 0 Å². The van der Waals surface area contributed by atoms with Gasteiger partial charge < -0.3 is 4.90 Å². The van der Waals surface area contributed by atoms with Gasteiger partial charge in [-0.05, 0) is 109 Å². The van der Waals surface area contributed by atoms with E-state index in [1.807, 2.05) is 0 Å². The molecule has 0 atom stereocenters. The molecule has 0 bridgehead atoms. The van der Waals surface area contributed by atoms with Crippen LogP contribution in [0.4, 0.5) is 17.1 Å². The normalized spacial score (nSPS) is 13.3. The third-order valence-corrected chi connectivity index (χ3v) is 10.6. The van der Waals surface area contributed by atoms with Gasteiger partial charge >= 0.3 is 0 Å². The van der Waals surface area contributed by atoms with Gasteiger partial charge in [-0.2, -0.15) is 0 Å². The first-order valence-electron chi connectivity index (χ1n) is 17.4. The van der Waals surface area contributed by atoms with E-state index < -0.39 is 5.41 Å². The lowest BCUT2D eigenvalue weighted by Gasteiger charge is -2.45. The quantitative estimate of drug-likeness (QED) is 0.186. The van der Waals surface area contributed by atoms with Gasteiger partial charge in [0.1, 0.15) is 0 Å². The van der Waals surface area contributed by atoms with Crippen LogP contribution in [-0.2, 0) is 5.41 Å². The molecule has 0 amide bonds. The number of para-hydroxylation sites is 3. The second-order valence-corrected chi connectivity index (χ2v) is 13.3. The largest absolute Gasteiger partial charge is 0.310 e. The van der Waals surface area contributed by atoms with Crippen LogP contribution in [0.5, 0.6) is 0 Å². The van der Waals surface area contributed by atoms with Crippen molar-refractivity contribution in [3.63, 3.8) is 0 Å². The lowest BCUT2D eigenvalue weighted by molar-refractivity contribution is 0.754. The number of hydrogen-bond acceptors (Lipinski definition) is 1. The lowest BCUT2D eigenvalue weighted by atomic mass is 9.63. The summed E-state index contributed by atoms with van der Waals surface area (Å²) in [6.07, 6.45) is 0. The Labute approximate surface area is 293 Å². The molecule has 0 radical (unpaired) electrons. The van der Waals surface area contributed by atoms with Gasteiger partial charge in [0.15, 0.2) is 0 Å². The maximum absolute atomic E-state index is 2.45. The molecule has 8 aromatic rings. The molecule has 1 aliphatic heterocycles. The van der Waals surface area contributed by atoms with Crippen LogP contribution >= 0.6 is 0 Å². The smallest absolute Gasteiger partial charge is 0.0760 e. The molecule has 234 valence electrons. The first kappa shape index (κ1) is 28.6. The minimum atomic E-state index is -0.531. The number of benzene rings is 8. The fraction of sp³-hybridized carbons (Fsp3) is 0.0204. The Bertz CT molecular complexity index is 2430. The highest BCUT2D eigenvalue weighted by Crippen LogP contribution is 2.65. The number of nitrogens with zero attached hydrogens (tertiary/aromatic N) is 1. The monoisotopic (exact) mass is 635 g/mol. The van der Waals surface area contributed by atoms with E-state index in [-0.39, 0.29) is 0 Å². The van der Waals surface area contributed by atoms with Crippen molar-refractivity contribution >= 4 is 17.1 Å². The van der Waals surface area contributed by atoms with E-state index in [9.17, 15) is 0 Å². The van der Waals surface area contributed by atoms with Crippen molar-refractivity contribution in [2.24, 2.45) is 0 Å². The first-order chi connectivity index (χ1) is 24.8. The van der Waals surface area contributed by atoms with Crippen LogP contribution in [0.25, 0.3) is 44.5 Å². The molecule has 0 aromatic heterocycles. The molecule has 0 saturated heterocycles. The fourth-order valence-electron chi connectivity index (χ4n) is 8.64. The zero-order chi connectivity index (χ0) is 33.1. The summed E-state index contributed by atoms with van der Waals surface area (Å²) in [5, 5.41) is 0. The minimum Gasteiger partial charge on any atom is -0.310 e. The molecule has 1 heteroatoms. The van der Waals surface area contributed by atoms with E-state index in [2.05, 4.69) is 205 Å². The maximum atomic E-state index is 2.45. The fourth-order valence-corrected chi connectivity index (χ4v) is 8.64. The van der Waals surface area contributed by atoms with Crippen LogP contribution in [0, 0.1) is 0 Å². The molecule has 0 fully saturated rings. The summed E-state index contributed by atoms with van der Waals surface area (Å²) in [7, 11) is 0. The number of anilines is 3. The number of rotatable bonds is 4. The third-order valence-electron chi connectivity index (χ3n) is 10.6. The van der Waals surface area contributed by atoms with Crippen molar-refractivity contribution < 1.29 is 0 Å². The van der Waals surface area contributed by atoms with Crippen molar-refractivity contribution in [2.45, 2.75) is 5.41 Å². The second-order valence-electron chi connectivity index (χ2n) is 13.3. The summed E-state index contributed by atoms with van der Waals surface area (Å²) in [6.45, 7) is 0. The summed E-state index contributed by atoms with van der Waals surface area (Å²) < 4.78 is 0. The molecule has 8 aromatic carbocycles. The van der Waals surface area contributed by atoms with Gasteiger partial charge in [-0.1, -0.05) is 158 Å². The number of fused-ring (bicyclic) bond motifs is 9. The van der Waals surface area contributed by atoms with Crippen LogP contribution in [0.2, 0.25) is 0 Å². The molecule has 1 nitrogen and oxygen atoms in total. The van der Waals surface area contributed by atoms with Gasteiger partial charge in [-0.15, -0.1) is 0 Å². The number of hydrogen-bond donors (Lipinski definition) is 0. The van der Waals surface area contributed by atoms with E-state index in [4.69, 9.17) is 0 Å². The van der Waals surface area contributed by atoms with Crippen LogP contribution in [0.15, 0.2) is 200 Å². The van der Waals surface area contributed by atoms with Gasteiger partial charge in [0.25, 0.3) is 0 Å². The summed E-state index contributed by atoms with van der Waals surface area (Å²) in [5.74, 6) is 0. The molecular weight excluding hydrogens is 603 g/mol. The predicted octanol–water partition coefficient (Wildman–Crippen LogP) is 12.8. The Morgan fingerprint density at radius 2 is 0.740 bits per heavy atom. The lowest BCUT2D eigenvalue weighted by Crippen LogP contribution is -2.36. The van der Waals surface area contributed by atoms with E-state index in [0.29, 0.717) is 0 Å². The van der Waals surface area contributed by atoms with Crippen LogP contribution in [0.1, 0.15) is 22.3 Å². The zero-order valence-corrected chi connectivity index (χ0v) is 27.5. The molecule has 1 spiro atoms. The van der Waals surface area contributed by atoms with Gasteiger partial charge in [0.2, 0.25) is 0 Å². The van der Waals surface area contributed by atoms with E-state index in [1.165, 1.54) is 78.1 Å². The van der Waals surface area contributed by atoms with Crippen molar-refractivity contribution in [2.75, 3.05) is 4.90 Å². The van der Waals surface area contributed by atoms with Gasteiger partial charge in [-0.25, -0.2) is 0 Å². The molecule has 0 N–H and O–H groups in total. The SMILES string of the molecule is c1ccc(-c2cc(-c3ccccc3)cc(-c3cccc4c3C3(c5ccccc5-4)c4ccccc4N(c4ccccc4)c4ccccc43)c2)cc1. The van der Waals surface area contributed by atoms with Crippen molar-refractivity contribution in [3.05, 3.63) is 222 Å². The van der Waals surface area contributed by atoms with Crippen molar-refractivity contribution in [1.82, 2.24) is 0 Å². The third kappa shape index (κ3) is 4.14. The average Bonchev–Trinajstić information content (AvgIpc) is 3.50. The van der Waals surface area contributed by atoms with Gasteiger partial charge in [-0.3, -0.25) is 0 Å². The second kappa shape index (κ2) is 11.3. The zero-order valence-electron chi connectivity index (χ0n) is 27.5. The van der Waals surface area contributed by atoms with Crippen LogP contribution in [0.3, 0.4) is 0 Å². The molecule has 0 saturated carbocycles. The Hall–Kier alpha value is -6.44. The van der Waals surface area contributed by atoms with Crippen molar-refractivity contribution in [1.29, 1.82) is 0 Å². The Morgan fingerprint density at radius 3 is 1.34 bits per heavy atom. The highest BCUT2D eigenvalue weighted by molar-refractivity contribution is 5.99. The Morgan fingerprint density at radius 1 is 0.300 bits per heavy atom. The Balaban J connectivity index is 1.32. The molecule has 50 heavy (non-hydrogen) atoms. The topological polar surface area (TPSA) is 3.24 Å². The highest BCUT2D eigenvalue weighted by Gasteiger charge is 2.52. The molecule has 2 aliphatic rings. The average molecular weight is 636 g/mol. The van der Waals surface area contributed by atoms with Gasteiger partial charge in [0.05, 0.1) is 16.8 Å². The van der Waals surface area contributed by atoms with Crippen LogP contribution < -0.4 is 4.90 Å². The van der Waals surface area contributed by atoms with E-state index in [1.54, 1.807) is 0 Å². The molecule has 1 aliphatic carbocycles. The summed E-state index contributed by atoms with van der Waals surface area (Å²) in [4.78, 5) is 2.45. The summed E-state index contributed by atoms with van der Waals surface area (Å²) in [6, 6.07) is 73.6. The van der Waals surface area contributed by atoms with E-state index >= 15 is 0 Å².